The molecule has 0 saturated carbocycles. The van der Waals surface area contributed by atoms with Crippen LogP contribution in [0.4, 0.5) is 5.69 Å². The second-order valence-electron chi connectivity index (χ2n) is 6.23. The van der Waals surface area contributed by atoms with Crippen LogP contribution in [0.5, 0.6) is 0 Å². The van der Waals surface area contributed by atoms with Gasteiger partial charge in [-0.05, 0) is 41.7 Å². The molecule has 4 nitrogen and oxygen atoms in total. The van der Waals surface area contributed by atoms with E-state index in [0.717, 1.165) is 19.8 Å². The van der Waals surface area contributed by atoms with Crippen molar-refractivity contribution < 1.29 is 4.74 Å². The Morgan fingerprint density at radius 1 is 1.24 bits per heavy atom. The molecule has 2 aromatic rings. The van der Waals surface area contributed by atoms with Gasteiger partial charge in [0.1, 0.15) is 0 Å². The van der Waals surface area contributed by atoms with E-state index in [1.807, 2.05) is 17.9 Å². The molecule has 0 N–H and O–H groups in total. The zero-order valence-electron chi connectivity index (χ0n) is 12.7. The molecular formula is C17H21N3O. The lowest BCUT2D eigenvalue weighted by molar-refractivity contribution is 0.00865. The summed E-state index contributed by atoms with van der Waals surface area (Å²) in [6.07, 6.45) is 6.49. The summed E-state index contributed by atoms with van der Waals surface area (Å²) in [5.74, 6) is 0.529. The lowest BCUT2D eigenvalue weighted by Gasteiger charge is -2.33. The Labute approximate surface area is 125 Å². The Kier molecular flexibility index (Phi) is 3.00. The van der Waals surface area contributed by atoms with Crippen molar-refractivity contribution in [2.75, 3.05) is 31.7 Å². The number of rotatable bonds is 2. The van der Waals surface area contributed by atoms with Crippen molar-refractivity contribution in [1.82, 2.24) is 9.78 Å². The summed E-state index contributed by atoms with van der Waals surface area (Å²) in [7, 11) is 4.17. The maximum absolute atomic E-state index is 5.42. The number of aromatic nitrogens is 2. The van der Waals surface area contributed by atoms with Gasteiger partial charge in [0.25, 0.3) is 0 Å². The average molecular weight is 283 g/mol. The Bertz CT molecular complexity index is 673. The third-order valence-corrected chi connectivity index (χ3v) is 4.70. The third kappa shape index (κ3) is 2.14. The van der Waals surface area contributed by atoms with Gasteiger partial charge in [0.15, 0.2) is 0 Å². The Morgan fingerprint density at radius 2 is 2.10 bits per heavy atom. The van der Waals surface area contributed by atoms with Crippen molar-refractivity contribution in [3.05, 3.63) is 35.7 Å². The molecule has 0 bridgehead atoms. The van der Waals surface area contributed by atoms with Gasteiger partial charge in [0, 0.05) is 44.0 Å². The molecule has 4 heteroatoms. The highest BCUT2D eigenvalue weighted by Gasteiger charge is 2.27. The van der Waals surface area contributed by atoms with Gasteiger partial charge in [0.05, 0.1) is 19.4 Å². The van der Waals surface area contributed by atoms with Crippen molar-refractivity contribution in [2.24, 2.45) is 7.05 Å². The summed E-state index contributed by atoms with van der Waals surface area (Å²) in [4.78, 5) is 2.38. The summed E-state index contributed by atoms with van der Waals surface area (Å²) >= 11 is 0. The van der Waals surface area contributed by atoms with Crippen LogP contribution in [-0.2, 0) is 18.2 Å². The molecule has 4 rings (SSSR count). The monoisotopic (exact) mass is 283 g/mol. The standard InChI is InChI=1S/C17H21N3O/c1-19-5-3-4-12-6-15(13-8-18-20(2)9-13)16(7-17(12)19)14-10-21-11-14/h6-9,14H,3-5,10-11H2,1-2H3. The SMILES string of the molecule is CN1CCCc2cc(-c3cnn(C)c3)c(C3COC3)cc21. The smallest absolute Gasteiger partial charge is 0.0568 e. The first kappa shape index (κ1) is 12.9. The first-order chi connectivity index (χ1) is 10.2. The van der Waals surface area contributed by atoms with Crippen molar-refractivity contribution in [3.63, 3.8) is 0 Å². The molecule has 1 saturated heterocycles. The molecule has 1 aromatic carbocycles. The van der Waals surface area contributed by atoms with E-state index in [9.17, 15) is 0 Å². The molecule has 0 atom stereocenters. The number of aryl methyl sites for hydroxylation is 2. The van der Waals surface area contributed by atoms with Gasteiger partial charge in [-0.1, -0.05) is 0 Å². The van der Waals surface area contributed by atoms with Gasteiger partial charge in [0.2, 0.25) is 0 Å². The molecule has 1 fully saturated rings. The zero-order chi connectivity index (χ0) is 14.4. The minimum absolute atomic E-state index is 0.529. The molecule has 2 aliphatic rings. The first-order valence-electron chi connectivity index (χ1n) is 7.67. The molecule has 0 amide bonds. The Hall–Kier alpha value is -1.81. The van der Waals surface area contributed by atoms with E-state index in [4.69, 9.17) is 4.74 Å². The van der Waals surface area contributed by atoms with Gasteiger partial charge in [-0.25, -0.2) is 0 Å². The number of hydrogen-bond acceptors (Lipinski definition) is 3. The van der Waals surface area contributed by atoms with E-state index >= 15 is 0 Å². The lowest BCUT2D eigenvalue weighted by Crippen LogP contribution is -2.28. The minimum atomic E-state index is 0.529. The lowest BCUT2D eigenvalue weighted by atomic mass is 9.86. The van der Waals surface area contributed by atoms with Gasteiger partial charge in [-0.3, -0.25) is 4.68 Å². The summed E-state index contributed by atoms with van der Waals surface area (Å²) in [5.41, 5.74) is 6.84. The molecule has 0 radical (unpaired) electrons. The number of ether oxygens (including phenoxy) is 1. The van der Waals surface area contributed by atoms with Crippen molar-refractivity contribution in [3.8, 4) is 11.1 Å². The van der Waals surface area contributed by atoms with Crippen molar-refractivity contribution in [2.45, 2.75) is 18.8 Å². The topological polar surface area (TPSA) is 30.3 Å². The van der Waals surface area contributed by atoms with Crippen LogP contribution in [0.1, 0.15) is 23.5 Å². The van der Waals surface area contributed by atoms with Crippen LogP contribution >= 0.6 is 0 Å². The van der Waals surface area contributed by atoms with Gasteiger partial charge in [-0.15, -0.1) is 0 Å². The number of fused-ring (bicyclic) bond motifs is 1. The van der Waals surface area contributed by atoms with Crippen molar-refractivity contribution in [1.29, 1.82) is 0 Å². The first-order valence-corrected chi connectivity index (χ1v) is 7.67. The number of anilines is 1. The average Bonchev–Trinajstić information content (AvgIpc) is 2.84. The van der Waals surface area contributed by atoms with Crippen LogP contribution in [0.25, 0.3) is 11.1 Å². The molecule has 2 aliphatic heterocycles. The van der Waals surface area contributed by atoms with Crippen molar-refractivity contribution >= 4 is 5.69 Å². The molecular weight excluding hydrogens is 262 g/mol. The fraction of sp³-hybridized carbons (Fsp3) is 0.471. The van der Waals surface area contributed by atoms with E-state index in [2.05, 4.69) is 35.4 Å². The van der Waals surface area contributed by atoms with Crippen LogP contribution in [-0.4, -0.2) is 36.6 Å². The molecule has 1 aromatic heterocycles. The summed E-state index contributed by atoms with van der Waals surface area (Å²) in [6.45, 7) is 2.84. The van der Waals surface area contributed by atoms with Gasteiger partial charge in [-0.2, -0.15) is 5.10 Å². The highest BCUT2D eigenvalue weighted by Crippen LogP contribution is 2.39. The minimum Gasteiger partial charge on any atom is -0.380 e. The second-order valence-corrected chi connectivity index (χ2v) is 6.23. The van der Waals surface area contributed by atoms with Gasteiger partial charge < -0.3 is 9.64 Å². The van der Waals surface area contributed by atoms with E-state index in [1.165, 1.54) is 40.8 Å². The molecule has 0 unspecified atom stereocenters. The normalized spacial score (nSPS) is 18.5. The van der Waals surface area contributed by atoms with Crippen LogP contribution in [0.2, 0.25) is 0 Å². The predicted octanol–water partition coefficient (Wildman–Crippen LogP) is 2.58. The fourth-order valence-electron chi connectivity index (χ4n) is 3.40. The number of hydrogen-bond donors (Lipinski definition) is 0. The molecule has 3 heterocycles. The summed E-state index contributed by atoms with van der Waals surface area (Å²) in [5, 5.41) is 4.34. The van der Waals surface area contributed by atoms with E-state index in [0.29, 0.717) is 5.92 Å². The fourth-order valence-corrected chi connectivity index (χ4v) is 3.40. The predicted molar refractivity (Wildman–Crippen MR) is 83.8 cm³/mol. The highest BCUT2D eigenvalue weighted by atomic mass is 16.5. The number of benzene rings is 1. The van der Waals surface area contributed by atoms with Crippen LogP contribution < -0.4 is 4.90 Å². The van der Waals surface area contributed by atoms with E-state index in [1.54, 1.807) is 0 Å². The molecule has 0 aliphatic carbocycles. The van der Waals surface area contributed by atoms with Crippen LogP contribution in [0, 0.1) is 0 Å². The zero-order valence-corrected chi connectivity index (χ0v) is 12.7. The van der Waals surface area contributed by atoms with Crippen LogP contribution in [0.3, 0.4) is 0 Å². The summed E-state index contributed by atoms with van der Waals surface area (Å²) in [6, 6.07) is 4.78. The largest absolute Gasteiger partial charge is 0.380 e. The summed E-state index contributed by atoms with van der Waals surface area (Å²) < 4.78 is 7.30. The Morgan fingerprint density at radius 3 is 2.76 bits per heavy atom. The highest BCUT2D eigenvalue weighted by molar-refractivity contribution is 5.73. The van der Waals surface area contributed by atoms with Gasteiger partial charge >= 0.3 is 0 Å². The number of nitrogens with zero attached hydrogens (tertiary/aromatic N) is 3. The van der Waals surface area contributed by atoms with E-state index < -0.39 is 0 Å². The van der Waals surface area contributed by atoms with E-state index in [-0.39, 0.29) is 0 Å². The Balaban J connectivity index is 1.87. The maximum atomic E-state index is 5.42. The molecule has 0 spiro atoms. The quantitative estimate of drug-likeness (QED) is 0.848. The second kappa shape index (κ2) is 4.88. The molecule has 110 valence electrons. The van der Waals surface area contributed by atoms with Crippen LogP contribution in [0.15, 0.2) is 24.5 Å². The third-order valence-electron chi connectivity index (χ3n) is 4.70. The molecule has 21 heavy (non-hydrogen) atoms. The maximum Gasteiger partial charge on any atom is 0.0568 e.